The minimum atomic E-state index is -0.995. The Morgan fingerprint density at radius 3 is 2.81 bits per heavy atom. The molecule has 3 rings (SSSR count). The number of halogens is 1. The molecule has 21 heavy (non-hydrogen) atoms. The second kappa shape index (κ2) is 4.84. The van der Waals surface area contributed by atoms with Crippen LogP contribution in [0.1, 0.15) is 30.7 Å². The fourth-order valence-electron chi connectivity index (χ4n) is 3.09. The minimum Gasteiger partial charge on any atom is -0.480 e. The number of carbonyl (C=O) groups excluding carboxylic acids is 1. The van der Waals surface area contributed by atoms with E-state index in [2.05, 4.69) is 4.98 Å². The van der Waals surface area contributed by atoms with E-state index in [0.717, 1.165) is 16.8 Å². The molecule has 5 nitrogen and oxygen atoms in total. The second-order valence-corrected chi connectivity index (χ2v) is 6.10. The van der Waals surface area contributed by atoms with Crippen molar-refractivity contribution in [2.45, 2.75) is 32.9 Å². The fraction of sp³-hybridized carbons (Fsp3) is 0.400. The van der Waals surface area contributed by atoms with Crippen molar-refractivity contribution in [3.05, 3.63) is 34.1 Å². The van der Waals surface area contributed by atoms with Gasteiger partial charge in [-0.1, -0.05) is 31.5 Å². The van der Waals surface area contributed by atoms with Crippen molar-refractivity contribution in [2.75, 3.05) is 0 Å². The lowest BCUT2D eigenvalue weighted by Gasteiger charge is -2.36. The minimum absolute atomic E-state index is 0.185. The molecular formula is C15H15ClN2O3. The molecule has 1 aromatic rings. The maximum absolute atomic E-state index is 12.6. The summed E-state index contributed by atoms with van der Waals surface area (Å²) in [6.07, 6.45) is 3.98. The zero-order valence-electron chi connectivity index (χ0n) is 11.8. The van der Waals surface area contributed by atoms with E-state index in [-0.39, 0.29) is 18.4 Å². The smallest absolute Gasteiger partial charge is 0.326 e. The Balaban J connectivity index is 2.11. The van der Waals surface area contributed by atoms with Gasteiger partial charge in [0.15, 0.2) is 0 Å². The van der Waals surface area contributed by atoms with E-state index in [1.807, 2.05) is 6.08 Å². The molecule has 1 amide bonds. The van der Waals surface area contributed by atoms with Crippen molar-refractivity contribution in [2.24, 2.45) is 5.92 Å². The van der Waals surface area contributed by atoms with Crippen LogP contribution in [0.3, 0.4) is 0 Å². The zero-order chi connectivity index (χ0) is 15.3. The molecule has 2 aliphatic rings. The highest BCUT2D eigenvalue weighted by molar-refractivity contribution is 6.32. The number of rotatable bonds is 3. The number of pyridine rings is 1. The Morgan fingerprint density at radius 1 is 1.48 bits per heavy atom. The standard InChI is InChI=1S/C15H15ClN2O3/c1-7(2)13(15(20)21)18-6-9-10(16)5-17-11-4-3-8(12(9)11)14(18)19/h3,5,7,13H,4,6H2,1-2H3,(H,20,21)/t13-/m1/s1. The summed E-state index contributed by atoms with van der Waals surface area (Å²) >= 11 is 6.21. The molecule has 0 spiro atoms. The summed E-state index contributed by atoms with van der Waals surface area (Å²) in [4.78, 5) is 29.8. The molecule has 110 valence electrons. The maximum atomic E-state index is 12.6. The summed E-state index contributed by atoms with van der Waals surface area (Å²) < 4.78 is 0. The van der Waals surface area contributed by atoms with Crippen LogP contribution in [-0.4, -0.2) is 32.9 Å². The number of aliphatic carboxylic acids is 1. The highest BCUT2D eigenvalue weighted by Crippen LogP contribution is 2.39. The molecule has 1 aliphatic heterocycles. The van der Waals surface area contributed by atoms with Gasteiger partial charge in [0.2, 0.25) is 0 Å². The molecule has 0 radical (unpaired) electrons. The van der Waals surface area contributed by atoms with Crippen LogP contribution in [0.15, 0.2) is 12.3 Å². The maximum Gasteiger partial charge on any atom is 0.326 e. The molecule has 0 aromatic carbocycles. The Hall–Kier alpha value is -1.88. The fourth-order valence-corrected chi connectivity index (χ4v) is 3.30. The summed E-state index contributed by atoms with van der Waals surface area (Å²) in [6.45, 7) is 3.81. The average Bonchev–Trinajstić information content (AvgIpc) is 2.82. The van der Waals surface area contributed by atoms with Crippen LogP contribution in [0.25, 0.3) is 5.57 Å². The third-order valence-corrected chi connectivity index (χ3v) is 4.35. The number of hydrogen-bond donors (Lipinski definition) is 1. The topological polar surface area (TPSA) is 70.5 Å². The third-order valence-electron chi connectivity index (χ3n) is 4.02. The number of hydrogen-bond acceptors (Lipinski definition) is 3. The highest BCUT2D eigenvalue weighted by atomic mass is 35.5. The summed E-state index contributed by atoms with van der Waals surface area (Å²) in [5.74, 6) is -1.42. The normalized spacial score (nSPS) is 17.8. The second-order valence-electron chi connectivity index (χ2n) is 5.69. The molecule has 0 saturated carbocycles. The molecule has 1 aromatic heterocycles. The Kier molecular flexibility index (Phi) is 3.24. The van der Waals surface area contributed by atoms with Gasteiger partial charge in [-0.15, -0.1) is 0 Å². The van der Waals surface area contributed by atoms with Gasteiger partial charge < -0.3 is 10.0 Å². The SMILES string of the molecule is CC(C)[C@H](C(=O)O)N1Cc2c(Cl)cnc3c2C(=CC3)C1=O. The Bertz CT molecular complexity index is 682. The van der Waals surface area contributed by atoms with Gasteiger partial charge in [0.1, 0.15) is 6.04 Å². The molecule has 2 heterocycles. The van der Waals surface area contributed by atoms with Crippen molar-refractivity contribution >= 4 is 29.1 Å². The van der Waals surface area contributed by atoms with Gasteiger partial charge in [0.05, 0.1) is 10.7 Å². The highest BCUT2D eigenvalue weighted by Gasteiger charge is 2.40. The number of carbonyl (C=O) groups is 2. The quantitative estimate of drug-likeness (QED) is 0.928. The summed E-state index contributed by atoms with van der Waals surface area (Å²) in [5.41, 5.74) is 2.98. The lowest BCUT2D eigenvalue weighted by atomic mass is 9.93. The molecule has 0 fully saturated rings. The van der Waals surface area contributed by atoms with Gasteiger partial charge in [0.25, 0.3) is 5.91 Å². The molecule has 6 heteroatoms. The number of allylic oxidation sites excluding steroid dienone is 1. The predicted molar refractivity (Wildman–Crippen MR) is 77.7 cm³/mol. The van der Waals surface area contributed by atoms with Crippen molar-refractivity contribution in [3.63, 3.8) is 0 Å². The lowest BCUT2D eigenvalue weighted by molar-refractivity contribution is -0.150. The van der Waals surface area contributed by atoms with Gasteiger partial charge in [0, 0.05) is 35.9 Å². The number of nitrogens with zero attached hydrogens (tertiary/aromatic N) is 2. The molecule has 1 aliphatic carbocycles. The number of aromatic nitrogens is 1. The summed E-state index contributed by atoms with van der Waals surface area (Å²) in [5, 5.41) is 9.92. The lowest BCUT2D eigenvalue weighted by Crippen LogP contribution is -2.49. The van der Waals surface area contributed by atoms with E-state index in [9.17, 15) is 14.7 Å². The summed E-state index contributed by atoms with van der Waals surface area (Å²) in [6, 6.07) is -0.861. The average molecular weight is 307 g/mol. The van der Waals surface area contributed by atoms with Crippen molar-refractivity contribution < 1.29 is 14.7 Å². The van der Waals surface area contributed by atoms with Gasteiger partial charge in [-0.05, 0) is 5.92 Å². The van der Waals surface area contributed by atoms with E-state index in [1.165, 1.54) is 4.90 Å². The summed E-state index contributed by atoms with van der Waals surface area (Å²) in [7, 11) is 0. The molecule has 0 saturated heterocycles. The van der Waals surface area contributed by atoms with Crippen LogP contribution >= 0.6 is 11.6 Å². The van der Waals surface area contributed by atoms with E-state index >= 15 is 0 Å². The van der Waals surface area contributed by atoms with Gasteiger partial charge in [-0.3, -0.25) is 9.78 Å². The first-order valence-corrected chi connectivity index (χ1v) is 7.20. The van der Waals surface area contributed by atoms with E-state index in [4.69, 9.17) is 11.6 Å². The largest absolute Gasteiger partial charge is 0.480 e. The van der Waals surface area contributed by atoms with Crippen LogP contribution in [0, 0.1) is 5.92 Å². The monoisotopic (exact) mass is 306 g/mol. The number of carboxylic acids is 1. The molecule has 1 N–H and O–H groups in total. The van der Waals surface area contributed by atoms with Gasteiger partial charge in [-0.25, -0.2) is 4.79 Å². The van der Waals surface area contributed by atoms with Crippen LogP contribution in [0.2, 0.25) is 5.02 Å². The van der Waals surface area contributed by atoms with Gasteiger partial charge in [-0.2, -0.15) is 0 Å². The van der Waals surface area contributed by atoms with Crippen molar-refractivity contribution in [1.29, 1.82) is 0 Å². The molecule has 1 atom stereocenters. The van der Waals surface area contributed by atoms with Crippen LogP contribution in [0.4, 0.5) is 0 Å². The molecular weight excluding hydrogens is 292 g/mol. The predicted octanol–water partition coefficient (Wildman–Crippen LogP) is 2.13. The van der Waals surface area contributed by atoms with Crippen molar-refractivity contribution in [1.82, 2.24) is 9.88 Å². The first kappa shape index (κ1) is 14.1. The van der Waals surface area contributed by atoms with Gasteiger partial charge >= 0.3 is 5.97 Å². The van der Waals surface area contributed by atoms with Crippen LogP contribution < -0.4 is 0 Å². The Labute approximate surface area is 127 Å². The molecule has 0 bridgehead atoms. The van der Waals surface area contributed by atoms with E-state index in [1.54, 1.807) is 20.0 Å². The van der Waals surface area contributed by atoms with Crippen molar-refractivity contribution in [3.8, 4) is 0 Å². The first-order valence-electron chi connectivity index (χ1n) is 6.82. The first-order chi connectivity index (χ1) is 9.91. The number of carboxylic acid groups (broad SMARTS) is 1. The van der Waals surface area contributed by atoms with E-state index in [0.29, 0.717) is 17.0 Å². The Morgan fingerprint density at radius 2 is 2.19 bits per heavy atom. The number of amides is 1. The van der Waals surface area contributed by atoms with Crippen LogP contribution in [-0.2, 0) is 22.6 Å². The molecule has 0 unspecified atom stereocenters. The van der Waals surface area contributed by atoms with E-state index < -0.39 is 12.0 Å². The van der Waals surface area contributed by atoms with Crippen LogP contribution in [0.5, 0.6) is 0 Å². The zero-order valence-corrected chi connectivity index (χ0v) is 12.5. The third kappa shape index (κ3) is 2.03.